The number of carbonyl (C=O) groups is 1. The number of carbonyl (C=O) groups excluding carboxylic acids is 1. The average molecular weight is 1000 g/mol. The largest absolute Gasteiger partial charge is 0.497 e. The van der Waals surface area contributed by atoms with Gasteiger partial charge in [-0.05, 0) is 107 Å². The molecule has 2 heterocycles. The van der Waals surface area contributed by atoms with Crippen LogP contribution in [0.4, 0.5) is 4.79 Å². The highest BCUT2D eigenvalue weighted by Crippen LogP contribution is 2.51. The van der Waals surface area contributed by atoms with E-state index in [9.17, 15) is 19.6 Å². The van der Waals surface area contributed by atoms with E-state index in [1.165, 1.54) is 16.8 Å². The van der Waals surface area contributed by atoms with E-state index in [1.807, 2.05) is 125 Å². The fourth-order valence-electron chi connectivity index (χ4n) is 9.91. The molecule has 9 rings (SSSR count). The van der Waals surface area contributed by atoms with E-state index >= 15 is 0 Å². The lowest BCUT2D eigenvalue weighted by Gasteiger charge is -2.39. The first-order valence-electron chi connectivity index (χ1n) is 24.2. The van der Waals surface area contributed by atoms with Crippen LogP contribution in [0.3, 0.4) is 0 Å². The first-order chi connectivity index (χ1) is 35.4. The van der Waals surface area contributed by atoms with Crippen LogP contribution in [-0.2, 0) is 35.4 Å². The van der Waals surface area contributed by atoms with E-state index in [0.717, 1.165) is 54.6 Å². The highest BCUT2D eigenvalue weighted by molar-refractivity contribution is 7.44. The van der Waals surface area contributed by atoms with Gasteiger partial charge in [-0.3, -0.25) is 14.3 Å². The van der Waals surface area contributed by atoms with Crippen LogP contribution in [0.1, 0.15) is 62.6 Å². The molecule has 0 bridgehead atoms. The molecule has 0 spiro atoms. The summed E-state index contributed by atoms with van der Waals surface area (Å²) in [6.07, 6.45) is -4.39. The van der Waals surface area contributed by atoms with Crippen LogP contribution in [0.2, 0.25) is 0 Å². The summed E-state index contributed by atoms with van der Waals surface area (Å²) in [5.41, 5.74) is 0.410. The van der Waals surface area contributed by atoms with Gasteiger partial charge < -0.3 is 38.0 Å². The van der Waals surface area contributed by atoms with Crippen molar-refractivity contribution in [1.82, 2.24) is 19.5 Å². The van der Waals surface area contributed by atoms with Gasteiger partial charge in [-0.25, -0.2) is 14.3 Å². The lowest BCUT2D eigenvalue weighted by molar-refractivity contribution is -0.0948. The molecule has 16 heteroatoms. The van der Waals surface area contributed by atoms with E-state index < -0.39 is 56.0 Å². The Kier molecular flexibility index (Phi) is 15.5. The zero-order chi connectivity index (χ0) is 51.2. The van der Waals surface area contributed by atoms with Gasteiger partial charge in [0.25, 0.3) is 14.1 Å². The summed E-state index contributed by atoms with van der Waals surface area (Å²) in [6, 6.07) is 46.7. The maximum Gasteiger partial charge on any atom is 0.407 e. The van der Waals surface area contributed by atoms with Crippen LogP contribution >= 0.6 is 8.53 Å². The molecule has 0 aliphatic carbocycles. The van der Waals surface area contributed by atoms with Crippen molar-refractivity contribution in [3.63, 3.8) is 0 Å². The number of methoxy groups -OCH3 is 2. The van der Waals surface area contributed by atoms with Gasteiger partial charge in [0.15, 0.2) is 12.3 Å². The summed E-state index contributed by atoms with van der Waals surface area (Å²) in [4.78, 5) is 43.2. The van der Waals surface area contributed by atoms with E-state index in [1.54, 1.807) is 14.2 Å². The Balaban J connectivity index is 1.14. The second-order valence-electron chi connectivity index (χ2n) is 18.3. The van der Waals surface area contributed by atoms with E-state index in [0.29, 0.717) is 11.5 Å². The zero-order valence-corrected chi connectivity index (χ0v) is 42.4. The first kappa shape index (κ1) is 50.8. The molecule has 376 valence electrons. The number of rotatable bonds is 20. The number of benzene rings is 7. The van der Waals surface area contributed by atoms with Gasteiger partial charge in [0.2, 0.25) is 0 Å². The predicted octanol–water partition coefficient (Wildman–Crippen LogP) is 10.3. The number of aromatic amines is 1. The molecule has 5 atom stereocenters. The van der Waals surface area contributed by atoms with Crippen LogP contribution in [0.5, 0.6) is 11.5 Å². The standard InChI is InChI=1S/C57H58N5O10P/c1-36(2)62(37(3)4)73(69-33-11-31-58)72-52-48(35-68-57(42-14-8-7-9-15-42,43-21-25-45(66-5)26-22-43)44-23-27-46(67-6)28-24-44)70-54(61-32-30-49(63)60-55(61)64)53(52)71-56(65)59-34-41-19-18-40-17-16-38-12-10-13-39-20-29-47(41)51(40)50(38)39/h7-10,12-30,32,36-37,48,52-54H,11,33-35H2,1-6H3,(H,59,65)(H,60,63,64)/t48-,52-,53-,54-,73?/m1/s1. The maximum atomic E-state index is 14.5. The third-order valence-electron chi connectivity index (χ3n) is 13.2. The number of nitrogens with zero attached hydrogens (tertiary/aromatic N) is 3. The molecule has 1 unspecified atom stereocenters. The lowest BCUT2D eigenvalue weighted by atomic mass is 9.80. The number of alkyl carbamates (subject to hydrolysis) is 1. The molecule has 8 aromatic rings. The highest BCUT2D eigenvalue weighted by atomic mass is 31.2. The summed E-state index contributed by atoms with van der Waals surface area (Å²) < 4.78 is 48.8. The van der Waals surface area contributed by atoms with Gasteiger partial charge >= 0.3 is 11.8 Å². The molecule has 1 fully saturated rings. The van der Waals surface area contributed by atoms with Gasteiger partial charge in [-0.1, -0.05) is 109 Å². The minimum atomic E-state index is -2.01. The maximum absolute atomic E-state index is 14.5. The molecule has 15 nitrogen and oxygen atoms in total. The minimum Gasteiger partial charge on any atom is -0.497 e. The minimum absolute atomic E-state index is 0.0487. The van der Waals surface area contributed by atoms with Crippen molar-refractivity contribution in [3.8, 4) is 17.6 Å². The lowest BCUT2D eigenvalue weighted by Crippen LogP contribution is -2.45. The van der Waals surface area contributed by atoms with Crippen LogP contribution in [0, 0.1) is 11.3 Å². The second-order valence-corrected chi connectivity index (χ2v) is 19.7. The molecule has 2 N–H and O–H groups in total. The number of nitriles is 1. The van der Waals surface area contributed by atoms with Gasteiger partial charge in [-0.2, -0.15) is 5.26 Å². The molecule has 1 saturated heterocycles. The normalized spacial score (nSPS) is 17.4. The summed E-state index contributed by atoms with van der Waals surface area (Å²) in [7, 11) is 1.20. The smallest absolute Gasteiger partial charge is 0.407 e. The summed E-state index contributed by atoms with van der Waals surface area (Å²) in [5.74, 6) is 1.29. The predicted molar refractivity (Wildman–Crippen MR) is 281 cm³/mol. The fourth-order valence-corrected chi connectivity index (χ4v) is 11.7. The van der Waals surface area contributed by atoms with Crippen molar-refractivity contribution in [1.29, 1.82) is 5.26 Å². The SMILES string of the molecule is COc1ccc(C(OC[C@H]2O[C@@H](n3ccc(=O)[nH]c3=O)[C@H](OC(=O)NCc3ccc4ccc5cccc6ccc3c4c56)[C@@H]2OP(OCCC#N)N(C(C)C)C(C)C)(c2ccccc2)c2ccc(OC)cc2)cc1. The van der Waals surface area contributed by atoms with Gasteiger partial charge in [0.1, 0.15) is 29.3 Å². The molecule has 1 aromatic heterocycles. The number of amides is 1. The molecule has 7 aromatic carbocycles. The van der Waals surface area contributed by atoms with Crippen molar-refractivity contribution < 1.29 is 37.5 Å². The van der Waals surface area contributed by atoms with Gasteiger partial charge in [0, 0.05) is 30.9 Å². The Hall–Kier alpha value is -7.15. The molecular formula is C57H58N5O10P. The third-order valence-corrected chi connectivity index (χ3v) is 15.3. The van der Waals surface area contributed by atoms with Crippen LogP contribution in [0.15, 0.2) is 155 Å². The number of hydrogen-bond acceptors (Lipinski definition) is 12. The van der Waals surface area contributed by atoms with Crippen LogP contribution in [-0.4, -0.2) is 78.1 Å². The van der Waals surface area contributed by atoms with Crippen molar-refractivity contribution in [2.24, 2.45) is 0 Å². The topological polar surface area (TPSA) is 176 Å². The third kappa shape index (κ3) is 10.4. The molecule has 0 saturated carbocycles. The zero-order valence-electron chi connectivity index (χ0n) is 41.5. The number of hydrogen-bond donors (Lipinski definition) is 2. The Morgan fingerprint density at radius 3 is 1.97 bits per heavy atom. The van der Waals surface area contributed by atoms with Gasteiger partial charge in [0.05, 0.1) is 39.9 Å². The number of nitrogens with one attached hydrogen (secondary N) is 2. The quantitative estimate of drug-likeness (QED) is 0.0320. The summed E-state index contributed by atoms with van der Waals surface area (Å²) >= 11 is 0. The summed E-state index contributed by atoms with van der Waals surface area (Å²) in [5, 5.41) is 19.1. The Morgan fingerprint density at radius 2 is 1.37 bits per heavy atom. The average Bonchev–Trinajstić information content (AvgIpc) is 3.72. The fraction of sp³-hybridized carbons (Fsp3) is 0.298. The van der Waals surface area contributed by atoms with Gasteiger partial charge in [-0.15, -0.1) is 0 Å². The number of H-pyrrole nitrogens is 1. The second kappa shape index (κ2) is 22.3. The highest BCUT2D eigenvalue weighted by Gasteiger charge is 2.53. The van der Waals surface area contributed by atoms with Crippen molar-refractivity contribution in [2.45, 2.75) is 82.9 Å². The van der Waals surface area contributed by atoms with Crippen LogP contribution < -0.4 is 26.0 Å². The molecule has 73 heavy (non-hydrogen) atoms. The van der Waals surface area contributed by atoms with E-state index in [4.69, 9.17) is 32.7 Å². The molecular weight excluding hydrogens is 946 g/mol. The van der Waals surface area contributed by atoms with E-state index in [2.05, 4.69) is 57.4 Å². The Bertz CT molecular complexity index is 3250. The Morgan fingerprint density at radius 1 is 0.767 bits per heavy atom. The molecule has 1 amide bonds. The molecule has 1 aliphatic rings. The number of ether oxygens (including phenoxy) is 5. The number of aromatic nitrogens is 2. The van der Waals surface area contributed by atoms with Crippen molar-refractivity contribution in [2.75, 3.05) is 27.4 Å². The van der Waals surface area contributed by atoms with Crippen molar-refractivity contribution >= 4 is 46.9 Å². The summed E-state index contributed by atoms with van der Waals surface area (Å²) in [6.45, 7) is 7.99. The molecule has 1 aliphatic heterocycles. The van der Waals surface area contributed by atoms with Crippen LogP contribution in [0.25, 0.3) is 32.3 Å². The Labute approximate surface area is 424 Å². The first-order valence-corrected chi connectivity index (χ1v) is 25.4. The molecule has 0 radical (unpaired) electrons. The monoisotopic (exact) mass is 1000 g/mol. The van der Waals surface area contributed by atoms with Crippen molar-refractivity contribution in [3.05, 3.63) is 189 Å². The van der Waals surface area contributed by atoms with E-state index in [-0.39, 0.29) is 38.3 Å².